The van der Waals surface area contributed by atoms with Gasteiger partial charge in [-0.05, 0) is 42.5 Å². The fourth-order valence-corrected chi connectivity index (χ4v) is 4.21. The maximum atomic E-state index is 13.5. The second-order valence-corrected chi connectivity index (χ2v) is 8.93. The number of rotatable bonds is 5. The number of ether oxygens (including phenoxy) is 2. The van der Waals surface area contributed by atoms with E-state index < -0.39 is 12.1 Å². The van der Waals surface area contributed by atoms with E-state index in [4.69, 9.17) is 9.47 Å². The summed E-state index contributed by atoms with van der Waals surface area (Å²) in [4.78, 5) is 13.5. The van der Waals surface area contributed by atoms with Gasteiger partial charge in [0.1, 0.15) is 11.5 Å². The van der Waals surface area contributed by atoms with Crippen molar-refractivity contribution in [1.82, 2.24) is 5.01 Å². The van der Waals surface area contributed by atoms with Crippen LogP contribution < -0.4 is 14.8 Å². The lowest BCUT2D eigenvalue weighted by Crippen LogP contribution is -2.39. The Balaban J connectivity index is 1.85. The second-order valence-electron chi connectivity index (χ2n) is 7.10. The number of fused-ring (bicyclic) bond motifs is 1. The van der Waals surface area contributed by atoms with Gasteiger partial charge in [0, 0.05) is 26.1 Å². The largest absolute Gasteiger partial charge is 0.508 e. The predicted molar refractivity (Wildman–Crippen MR) is 131 cm³/mol. The van der Waals surface area contributed by atoms with Crippen LogP contribution in [0.4, 0.5) is 5.69 Å². The molecule has 1 atom stereocenters. The highest BCUT2D eigenvalue weighted by atomic mass is 79.9. The SMILES string of the molecule is COc1cc2c(cc1OC)C(=O)N(N=Cc1cc(Br)ccc1O)C(c1cc(Br)ccc1O)N2. The lowest BCUT2D eigenvalue weighted by atomic mass is 10.0. The lowest BCUT2D eigenvalue weighted by Gasteiger charge is -2.35. The van der Waals surface area contributed by atoms with Crippen molar-refractivity contribution in [3.05, 3.63) is 74.2 Å². The van der Waals surface area contributed by atoms with Gasteiger partial charge in [-0.3, -0.25) is 4.79 Å². The summed E-state index contributed by atoms with van der Waals surface area (Å²) in [6.45, 7) is 0. The van der Waals surface area contributed by atoms with E-state index in [1.54, 1.807) is 36.4 Å². The Kier molecular flexibility index (Phi) is 6.48. The van der Waals surface area contributed by atoms with Gasteiger partial charge < -0.3 is 25.0 Å². The van der Waals surface area contributed by atoms with E-state index in [9.17, 15) is 15.0 Å². The van der Waals surface area contributed by atoms with Crippen molar-refractivity contribution in [3.63, 3.8) is 0 Å². The molecule has 3 aromatic rings. The minimum atomic E-state index is -0.842. The van der Waals surface area contributed by atoms with Gasteiger partial charge in [0.05, 0.1) is 31.7 Å². The van der Waals surface area contributed by atoms with Crippen LogP contribution in [-0.2, 0) is 0 Å². The Hall–Kier alpha value is -3.24. The molecular formula is C23H19Br2N3O5. The monoisotopic (exact) mass is 575 g/mol. The first kappa shape index (κ1) is 22.9. The number of phenolic OH excluding ortho intramolecular Hbond substituents is 2. The summed E-state index contributed by atoms with van der Waals surface area (Å²) in [7, 11) is 2.99. The molecule has 0 spiro atoms. The Morgan fingerprint density at radius 3 is 2.30 bits per heavy atom. The molecule has 3 N–H and O–H groups in total. The number of hydrogen-bond acceptors (Lipinski definition) is 7. The zero-order valence-corrected chi connectivity index (χ0v) is 20.7. The van der Waals surface area contributed by atoms with Crippen molar-refractivity contribution in [2.45, 2.75) is 6.17 Å². The van der Waals surface area contributed by atoms with Crippen molar-refractivity contribution in [3.8, 4) is 23.0 Å². The number of aromatic hydroxyl groups is 2. The summed E-state index contributed by atoms with van der Waals surface area (Å²) in [5.74, 6) is 0.402. The van der Waals surface area contributed by atoms with Crippen molar-refractivity contribution in [2.75, 3.05) is 19.5 Å². The molecule has 33 heavy (non-hydrogen) atoms. The summed E-state index contributed by atoms with van der Waals surface area (Å²) in [5, 5.41) is 29.6. The predicted octanol–water partition coefficient (Wildman–Crippen LogP) is 5.24. The summed E-state index contributed by atoms with van der Waals surface area (Å²) in [5.41, 5.74) is 1.65. The van der Waals surface area contributed by atoms with Gasteiger partial charge in [-0.2, -0.15) is 5.10 Å². The normalized spacial score (nSPS) is 15.3. The van der Waals surface area contributed by atoms with E-state index in [0.29, 0.717) is 33.9 Å². The number of phenols is 2. The highest BCUT2D eigenvalue weighted by Crippen LogP contribution is 2.42. The number of carbonyl (C=O) groups is 1. The molecule has 0 aliphatic carbocycles. The van der Waals surface area contributed by atoms with E-state index in [1.807, 2.05) is 0 Å². The molecule has 1 unspecified atom stereocenters. The van der Waals surface area contributed by atoms with Crippen molar-refractivity contribution < 1.29 is 24.5 Å². The van der Waals surface area contributed by atoms with Gasteiger partial charge >= 0.3 is 0 Å². The third-order valence-electron chi connectivity index (χ3n) is 5.09. The number of amides is 1. The third-order valence-corrected chi connectivity index (χ3v) is 6.08. The minimum Gasteiger partial charge on any atom is -0.508 e. The molecule has 1 heterocycles. The van der Waals surface area contributed by atoms with Crippen LogP contribution in [0.2, 0.25) is 0 Å². The number of nitrogens with zero attached hydrogens (tertiary/aromatic N) is 2. The van der Waals surface area contributed by atoms with Gasteiger partial charge in [0.2, 0.25) is 0 Å². The van der Waals surface area contributed by atoms with Crippen LogP contribution in [0.15, 0.2) is 62.6 Å². The molecule has 8 nitrogen and oxygen atoms in total. The molecule has 1 aliphatic rings. The molecule has 1 amide bonds. The number of hydrazone groups is 1. The number of nitrogens with one attached hydrogen (secondary N) is 1. The fraction of sp³-hybridized carbons (Fsp3) is 0.130. The number of halogens is 2. The average Bonchev–Trinajstić information content (AvgIpc) is 2.81. The minimum absolute atomic E-state index is 0.00743. The summed E-state index contributed by atoms with van der Waals surface area (Å²) < 4.78 is 12.2. The molecule has 0 bridgehead atoms. The van der Waals surface area contributed by atoms with Gasteiger partial charge in [-0.25, -0.2) is 5.01 Å². The van der Waals surface area contributed by atoms with Crippen LogP contribution >= 0.6 is 31.9 Å². The molecule has 0 radical (unpaired) electrons. The summed E-state index contributed by atoms with van der Waals surface area (Å²) >= 11 is 6.77. The topological polar surface area (TPSA) is 104 Å². The van der Waals surface area contributed by atoms with E-state index >= 15 is 0 Å². The standard InChI is InChI=1S/C23H19Br2N3O5/c1-32-20-9-15-17(10-21(20)33-2)27-22(16-8-14(25)4-6-19(16)30)28(23(15)31)26-11-12-7-13(24)3-5-18(12)29/h3-11,22,27,29-30H,1-2H3. The van der Waals surface area contributed by atoms with Crippen molar-refractivity contribution >= 4 is 49.7 Å². The van der Waals surface area contributed by atoms with Gasteiger partial charge in [0.25, 0.3) is 5.91 Å². The first-order chi connectivity index (χ1) is 15.8. The second kappa shape index (κ2) is 9.32. The highest BCUT2D eigenvalue weighted by molar-refractivity contribution is 9.10. The Labute approximate surface area is 206 Å². The summed E-state index contributed by atoms with van der Waals surface area (Å²) in [6, 6.07) is 13.0. The number of methoxy groups -OCH3 is 2. The Morgan fingerprint density at radius 1 is 0.970 bits per heavy atom. The zero-order valence-electron chi connectivity index (χ0n) is 17.5. The van der Waals surface area contributed by atoms with Crippen LogP contribution in [-0.4, -0.2) is 41.6 Å². The maximum Gasteiger partial charge on any atom is 0.278 e. The Morgan fingerprint density at radius 2 is 1.61 bits per heavy atom. The quantitative estimate of drug-likeness (QED) is 0.359. The number of carbonyl (C=O) groups excluding carboxylic acids is 1. The molecular weight excluding hydrogens is 558 g/mol. The Bertz CT molecular complexity index is 1270. The number of hydrogen-bond donors (Lipinski definition) is 3. The van der Waals surface area contributed by atoms with Crippen LogP contribution in [0.25, 0.3) is 0 Å². The van der Waals surface area contributed by atoms with Crippen LogP contribution in [0.3, 0.4) is 0 Å². The van der Waals surface area contributed by atoms with Crippen molar-refractivity contribution in [2.24, 2.45) is 5.10 Å². The van der Waals surface area contributed by atoms with Gasteiger partial charge in [-0.1, -0.05) is 31.9 Å². The number of anilines is 1. The molecule has 0 saturated heterocycles. The number of benzene rings is 3. The molecule has 0 aromatic heterocycles. The van der Waals surface area contributed by atoms with E-state index in [2.05, 4.69) is 42.3 Å². The molecule has 1 aliphatic heterocycles. The third kappa shape index (κ3) is 4.49. The molecule has 3 aromatic carbocycles. The molecule has 0 saturated carbocycles. The van der Waals surface area contributed by atoms with Crippen LogP contribution in [0.1, 0.15) is 27.7 Å². The maximum absolute atomic E-state index is 13.5. The molecule has 170 valence electrons. The van der Waals surface area contributed by atoms with E-state index in [0.717, 1.165) is 8.95 Å². The van der Waals surface area contributed by atoms with Crippen molar-refractivity contribution in [1.29, 1.82) is 0 Å². The smallest absolute Gasteiger partial charge is 0.278 e. The fourth-order valence-electron chi connectivity index (χ4n) is 3.45. The van der Waals surface area contributed by atoms with E-state index in [1.165, 1.54) is 37.6 Å². The molecule has 10 heteroatoms. The molecule has 0 fully saturated rings. The summed E-state index contributed by atoms with van der Waals surface area (Å²) in [6.07, 6.45) is 0.541. The van der Waals surface area contributed by atoms with Crippen LogP contribution in [0.5, 0.6) is 23.0 Å². The molecule has 4 rings (SSSR count). The zero-order chi connectivity index (χ0) is 23.7. The first-order valence-electron chi connectivity index (χ1n) is 9.69. The first-order valence-corrected chi connectivity index (χ1v) is 11.3. The average molecular weight is 577 g/mol. The lowest BCUT2D eigenvalue weighted by molar-refractivity contribution is 0.0689. The van der Waals surface area contributed by atoms with E-state index in [-0.39, 0.29) is 11.5 Å². The van der Waals surface area contributed by atoms with Gasteiger partial charge in [-0.15, -0.1) is 0 Å². The highest BCUT2D eigenvalue weighted by Gasteiger charge is 2.36. The van der Waals surface area contributed by atoms with Crippen LogP contribution in [0, 0.1) is 0 Å². The van der Waals surface area contributed by atoms with Gasteiger partial charge in [0.15, 0.2) is 17.7 Å².